The molecule has 4 aliphatic heterocycles. The molecule has 2 aromatic carbocycles. The maximum Gasteiger partial charge on any atom is 0.409 e. The van der Waals surface area contributed by atoms with E-state index in [1.807, 2.05) is 13.0 Å². The first kappa shape index (κ1) is 51.3. The number of epoxide rings is 1. The molecule has 2 saturated heterocycles. The minimum absolute atomic E-state index is 0.0223. The van der Waals surface area contributed by atoms with Gasteiger partial charge in [0, 0.05) is 71.1 Å². The lowest BCUT2D eigenvalue weighted by molar-refractivity contribution is -0.142. The molecule has 7 atom stereocenters. The molecule has 0 aliphatic carbocycles. The zero-order valence-corrected chi connectivity index (χ0v) is 39.6. The molecular formula is C48H58ClN5O14. The van der Waals surface area contributed by atoms with Crippen molar-refractivity contribution in [3.63, 3.8) is 0 Å². The Morgan fingerprint density at radius 3 is 2.40 bits per heavy atom. The van der Waals surface area contributed by atoms with Crippen molar-refractivity contribution in [1.29, 1.82) is 0 Å². The molecule has 6 amide bonds. The Labute approximate surface area is 399 Å². The highest BCUT2D eigenvalue weighted by atomic mass is 35.5. The van der Waals surface area contributed by atoms with E-state index in [0.717, 1.165) is 28.2 Å². The number of halogens is 1. The van der Waals surface area contributed by atoms with E-state index in [0.29, 0.717) is 23.4 Å². The van der Waals surface area contributed by atoms with Crippen LogP contribution in [-0.2, 0) is 60.6 Å². The van der Waals surface area contributed by atoms with Crippen molar-refractivity contribution in [2.45, 2.75) is 95.2 Å². The summed E-state index contributed by atoms with van der Waals surface area (Å²) in [5, 5.41) is 19.9. The van der Waals surface area contributed by atoms with Gasteiger partial charge in [-0.05, 0) is 55.7 Å². The fraction of sp³-hybridized carbons (Fsp3) is 0.479. The van der Waals surface area contributed by atoms with E-state index in [4.69, 9.17) is 40.0 Å². The van der Waals surface area contributed by atoms with Crippen LogP contribution < -0.4 is 25.6 Å². The van der Waals surface area contributed by atoms with Crippen LogP contribution in [0.4, 0.5) is 10.5 Å². The predicted molar refractivity (Wildman–Crippen MR) is 245 cm³/mol. The Hall–Kier alpha value is -6.12. The monoisotopic (exact) mass is 963 g/mol. The van der Waals surface area contributed by atoms with E-state index in [1.165, 1.54) is 31.3 Å². The lowest BCUT2D eigenvalue weighted by Crippen LogP contribution is -2.63. The van der Waals surface area contributed by atoms with Crippen LogP contribution in [0.15, 0.2) is 72.4 Å². The van der Waals surface area contributed by atoms with Gasteiger partial charge in [0.2, 0.25) is 17.7 Å². The second-order valence-corrected chi connectivity index (χ2v) is 17.7. The summed E-state index contributed by atoms with van der Waals surface area (Å²) >= 11 is 6.79. The summed E-state index contributed by atoms with van der Waals surface area (Å²) in [5.74, 6) is -2.95. The van der Waals surface area contributed by atoms with Gasteiger partial charge < -0.3 is 49.1 Å². The van der Waals surface area contributed by atoms with Crippen LogP contribution >= 0.6 is 11.6 Å². The van der Waals surface area contributed by atoms with Crippen LogP contribution in [0.1, 0.15) is 67.9 Å². The summed E-state index contributed by atoms with van der Waals surface area (Å²) in [6.45, 7) is 5.97. The molecule has 0 spiro atoms. The standard InChI is InChI=1S/C48H58ClN5O14/c1-28-8-7-9-36(64-6)48(62)26-35(66-46(61)52-48)29(2)44-47(3,68-44)37(25-42(59)53(4)33-23-31(22-28)24-34(63-5)43(33)49)67-45(60)32-12-10-30(11-13-32)27-51-39(56)17-20-65-21-18-50-38(55)16-19-54-40(57)14-15-41(54)58/h7-15,23-24,29,35-37,44,62H,16-22,25-27H2,1-6H3,(H,50,55)(H,51,56)(H,52,61)/b9-7+,28-8+/t29-,35+,36?,37+,44+,47-,48+/m1/s1. The van der Waals surface area contributed by atoms with Crippen LogP contribution in [0.3, 0.4) is 0 Å². The van der Waals surface area contributed by atoms with Gasteiger partial charge in [-0.1, -0.05) is 54.5 Å². The second kappa shape index (κ2) is 22.3. The number of amides is 6. The molecule has 4 N–H and O–H groups in total. The maximum atomic E-state index is 14.3. The third-order valence-corrected chi connectivity index (χ3v) is 12.8. The quantitative estimate of drug-likeness (QED) is 0.0866. The molecule has 19 nitrogen and oxygen atoms in total. The van der Waals surface area contributed by atoms with Crippen LogP contribution in [0.2, 0.25) is 5.02 Å². The normalized spacial score (nSPS) is 27.3. The number of nitrogens with one attached hydrogen (secondary N) is 3. The third-order valence-electron chi connectivity index (χ3n) is 12.4. The van der Waals surface area contributed by atoms with E-state index in [-0.39, 0.29) is 80.9 Å². The number of rotatable bonds is 15. The van der Waals surface area contributed by atoms with Crippen LogP contribution in [0.5, 0.6) is 5.75 Å². The van der Waals surface area contributed by atoms with Crippen molar-refractivity contribution in [2.24, 2.45) is 5.92 Å². The maximum absolute atomic E-state index is 14.3. The summed E-state index contributed by atoms with van der Waals surface area (Å²) in [4.78, 5) is 91.3. The van der Waals surface area contributed by atoms with Crippen molar-refractivity contribution in [2.75, 3.05) is 52.5 Å². The summed E-state index contributed by atoms with van der Waals surface area (Å²) in [7, 11) is 4.46. The van der Waals surface area contributed by atoms with E-state index in [2.05, 4.69) is 16.0 Å². The molecule has 0 aromatic heterocycles. The Kier molecular flexibility index (Phi) is 16.8. The van der Waals surface area contributed by atoms with Crippen molar-refractivity contribution < 1.29 is 67.1 Å². The van der Waals surface area contributed by atoms with Crippen LogP contribution in [-0.4, -0.2) is 135 Å². The zero-order chi connectivity index (χ0) is 49.3. The number of carbonyl (C=O) groups is 7. The molecule has 6 rings (SSSR count). The minimum Gasteiger partial charge on any atom is -0.495 e. The van der Waals surface area contributed by atoms with Crippen LogP contribution in [0, 0.1) is 5.92 Å². The number of benzene rings is 2. The first-order valence-corrected chi connectivity index (χ1v) is 22.6. The van der Waals surface area contributed by atoms with Gasteiger partial charge in [-0.15, -0.1) is 0 Å². The summed E-state index contributed by atoms with van der Waals surface area (Å²) in [6, 6.07) is 9.95. The lowest BCUT2D eigenvalue weighted by atomic mass is 9.83. The van der Waals surface area contributed by atoms with Crippen molar-refractivity contribution in [3.05, 3.63) is 94.1 Å². The first-order valence-electron chi connectivity index (χ1n) is 22.2. The number of carbonyl (C=O) groups excluding carboxylic acids is 7. The van der Waals surface area contributed by atoms with Gasteiger partial charge in [0.25, 0.3) is 11.8 Å². The molecule has 0 saturated carbocycles. The highest BCUT2D eigenvalue weighted by Crippen LogP contribution is 2.49. The number of imide groups is 1. The number of alkyl carbamates (subject to hydrolysis) is 1. The predicted octanol–water partition coefficient (Wildman–Crippen LogP) is 3.44. The molecule has 2 fully saturated rings. The van der Waals surface area contributed by atoms with E-state index in [9.17, 15) is 38.7 Å². The molecule has 4 bridgehead atoms. The second-order valence-electron chi connectivity index (χ2n) is 17.3. The summed E-state index contributed by atoms with van der Waals surface area (Å²) < 4.78 is 34.8. The van der Waals surface area contributed by atoms with Gasteiger partial charge in [0.1, 0.15) is 34.7 Å². The molecule has 366 valence electrons. The highest BCUT2D eigenvalue weighted by Gasteiger charge is 2.64. The number of anilines is 1. The smallest absolute Gasteiger partial charge is 0.409 e. The molecular weight excluding hydrogens is 906 g/mol. The zero-order valence-electron chi connectivity index (χ0n) is 38.8. The van der Waals surface area contributed by atoms with Gasteiger partial charge >= 0.3 is 12.1 Å². The third kappa shape index (κ3) is 12.5. The van der Waals surface area contributed by atoms with Crippen molar-refractivity contribution in [1.82, 2.24) is 20.9 Å². The van der Waals surface area contributed by atoms with Gasteiger partial charge in [-0.3, -0.25) is 34.2 Å². The number of fused-ring (bicyclic) bond motifs is 5. The number of hydrogen-bond acceptors (Lipinski definition) is 14. The summed E-state index contributed by atoms with van der Waals surface area (Å²) in [6.07, 6.45) is 3.03. The van der Waals surface area contributed by atoms with Gasteiger partial charge in [0.15, 0.2) is 5.72 Å². The van der Waals surface area contributed by atoms with E-state index >= 15 is 0 Å². The first-order chi connectivity index (χ1) is 32.3. The van der Waals surface area contributed by atoms with E-state index < -0.39 is 71.4 Å². The van der Waals surface area contributed by atoms with E-state index in [1.54, 1.807) is 57.3 Å². The molecule has 4 heterocycles. The molecule has 20 heteroatoms. The lowest BCUT2D eigenvalue weighted by Gasteiger charge is -2.42. The molecule has 2 aromatic rings. The number of hydrogen-bond donors (Lipinski definition) is 4. The van der Waals surface area contributed by atoms with Gasteiger partial charge in [0.05, 0.1) is 44.1 Å². The number of allylic oxidation sites excluding steroid dienone is 3. The number of esters is 1. The largest absolute Gasteiger partial charge is 0.495 e. The fourth-order valence-electron chi connectivity index (χ4n) is 8.33. The molecule has 0 radical (unpaired) electrons. The van der Waals surface area contributed by atoms with Gasteiger partial charge in [-0.25, -0.2) is 9.59 Å². The SMILES string of the molecule is COc1cc2cc(c1Cl)N(C)C(=O)C[C@H](OC(=O)c1ccc(CNC(=O)CCOCCNC(=O)CCN3C(=O)C=CC3=O)cc1)[C@@]1(C)O[C@H]1[C@H](C)[C@@H]1C[C@@](O)(NC(=O)O1)C(OC)/C=C/C=C(\C)C2. The highest BCUT2D eigenvalue weighted by molar-refractivity contribution is 6.35. The topological polar surface area (TPSA) is 241 Å². The average Bonchev–Trinajstić information content (AvgIpc) is 3.90. The van der Waals surface area contributed by atoms with Gasteiger partial charge in [-0.2, -0.15) is 0 Å². The fourth-order valence-corrected chi connectivity index (χ4v) is 8.65. The number of methoxy groups -OCH3 is 2. The van der Waals surface area contributed by atoms with Crippen molar-refractivity contribution in [3.8, 4) is 5.75 Å². The van der Waals surface area contributed by atoms with Crippen molar-refractivity contribution >= 4 is 58.9 Å². The molecule has 1 unspecified atom stereocenters. The summed E-state index contributed by atoms with van der Waals surface area (Å²) in [5.41, 5.74) is -0.176. The Morgan fingerprint density at radius 2 is 1.71 bits per heavy atom. The molecule has 4 aliphatic rings. The number of nitrogens with zero attached hydrogens (tertiary/aromatic N) is 2. The Balaban J connectivity index is 1.09. The molecule has 68 heavy (non-hydrogen) atoms. The Morgan fingerprint density at radius 1 is 1.00 bits per heavy atom. The number of ether oxygens (including phenoxy) is 6. The number of aliphatic hydroxyl groups is 1. The minimum atomic E-state index is -1.85. The Bertz CT molecular complexity index is 2340. The van der Waals surface area contributed by atoms with Crippen LogP contribution in [0.25, 0.3) is 0 Å². The average molecular weight is 964 g/mol.